The van der Waals surface area contributed by atoms with E-state index in [2.05, 4.69) is 6.92 Å². The molecular weight excluding hydrogens is 512 g/mol. The Morgan fingerprint density at radius 3 is 0.738 bits per heavy atom. The third-order valence-corrected chi connectivity index (χ3v) is 9.23. The fourth-order valence-electron chi connectivity index (χ4n) is 6.35. The molecule has 42 heavy (non-hydrogen) atoms. The van der Waals surface area contributed by atoms with E-state index in [1.807, 2.05) is 0 Å². The molecule has 0 rings (SSSR count). The number of aliphatic carboxylic acids is 1. The van der Waals surface area contributed by atoms with Crippen LogP contribution in [0.25, 0.3) is 0 Å². The molecule has 0 aromatic heterocycles. The first-order chi connectivity index (χ1) is 20.8. The lowest BCUT2D eigenvalue weighted by Crippen LogP contribution is -1.86. The van der Waals surface area contributed by atoms with Gasteiger partial charge < -0.3 is 5.11 Å². The molecule has 0 spiro atoms. The molecule has 0 aliphatic rings. The minimum Gasteiger partial charge on any atom is -0.478 e. The first-order valence-corrected chi connectivity index (χ1v) is 19.7. The van der Waals surface area contributed by atoms with Crippen LogP contribution >= 0.6 is 0 Å². The molecule has 0 saturated heterocycles. The van der Waals surface area contributed by atoms with Gasteiger partial charge in [-0.15, -0.1) is 0 Å². The van der Waals surface area contributed by atoms with Crippen molar-refractivity contribution in [2.24, 2.45) is 0 Å². The number of carbonyl (C=O) groups is 1. The summed E-state index contributed by atoms with van der Waals surface area (Å²) in [7, 11) is 0. The number of allylic oxidation sites excluding steroid dienone is 1. The fourth-order valence-corrected chi connectivity index (χ4v) is 6.35. The van der Waals surface area contributed by atoms with Gasteiger partial charge in [0.2, 0.25) is 0 Å². The lowest BCUT2D eigenvalue weighted by Gasteiger charge is -2.05. The summed E-state index contributed by atoms with van der Waals surface area (Å²) < 4.78 is 0. The van der Waals surface area contributed by atoms with Gasteiger partial charge in [0.15, 0.2) is 0 Å². The first kappa shape index (κ1) is 41.2. The lowest BCUT2D eigenvalue weighted by molar-refractivity contribution is -0.131. The van der Waals surface area contributed by atoms with Crippen LogP contribution in [0.3, 0.4) is 0 Å². The van der Waals surface area contributed by atoms with E-state index in [0.29, 0.717) is 0 Å². The van der Waals surface area contributed by atoms with E-state index in [1.165, 1.54) is 224 Å². The van der Waals surface area contributed by atoms with Crippen molar-refractivity contribution >= 4 is 5.97 Å². The summed E-state index contributed by atoms with van der Waals surface area (Å²) in [6, 6.07) is 0. The highest BCUT2D eigenvalue weighted by molar-refractivity contribution is 5.79. The van der Waals surface area contributed by atoms with Crippen LogP contribution in [0, 0.1) is 0 Å². The molecule has 1 N–H and O–H groups in total. The molecule has 0 atom stereocenters. The average Bonchev–Trinajstić information content (AvgIpc) is 2.98. The zero-order chi connectivity index (χ0) is 30.4. The van der Waals surface area contributed by atoms with E-state index in [0.717, 1.165) is 12.8 Å². The van der Waals surface area contributed by atoms with E-state index in [4.69, 9.17) is 5.11 Å². The average molecular weight is 591 g/mol. The molecule has 0 bridgehead atoms. The van der Waals surface area contributed by atoms with Gasteiger partial charge in [-0.25, -0.2) is 4.79 Å². The van der Waals surface area contributed by atoms with Crippen molar-refractivity contribution < 1.29 is 9.90 Å². The maximum absolute atomic E-state index is 10.4. The molecule has 0 saturated carbocycles. The predicted octanol–water partition coefficient (Wildman–Crippen LogP) is 14.7. The van der Waals surface area contributed by atoms with Gasteiger partial charge in [-0.05, 0) is 12.8 Å². The Bertz CT molecular complexity index is 526. The summed E-state index contributed by atoms with van der Waals surface area (Å²) in [6.45, 7) is 2.30. The maximum atomic E-state index is 10.4. The van der Waals surface area contributed by atoms with Crippen molar-refractivity contribution in [3.05, 3.63) is 12.2 Å². The molecule has 0 fully saturated rings. The van der Waals surface area contributed by atoms with Gasteiger partial charge in [0.05, 0.1) is 0 Å². The second kappa shape index (κ2) is 38.2. The quantitative estimate of drug-likeness (QED) is 0.0577. The van der Waals surface area contributed by atoms with Gasteiger partial charge in [-0.1, -0.05) is 231 Å². The molecule has 0 unspecified atom stereocenters. The summed E-state index contributed by atoms with van der Waals surface area (Å²) in [5.41, 5.74) is 0. The third kappa shape index (κ3) is 39.2. The van der Waals surface area contributed by atoms with Crippen LogP contribution in [0.1, 0.15) is 238 Å². The van der Waals surface area contributed by atoms with Crippen molar-refractivity contribution in [1.29, 1.82) is 0 Å². The molecule has 2 heteroatoms. The summed E-state index contributed by atoms with van der Waals surface area (Å²) in [4.78, 5) is 10.4. The second-order valence-electron chi connectivity index (χ2n) is 13.6. The molecule has 250 valence electrons. The van der Waals surface area contributed by atoms with Crippen LogP contribution in [0.4, 0.5) is 0 Å². The zero-order valence-corrected chi connectivity index (χ0v) is 29.0. The Labute approximate surface area is 265 Å². The Kier molecular flexibility index (Phi) is 37.5. The van der Waals surface area contributed by atoms with E-state index in [-0.39, 0.29) is 0 Å². The Morgan fingerprint density at radius 2 is 0.548 bits per heavy atom. The normalized spacial score (nSPS) is 11.6. The Morgan fingerprint density at radius 1 is 0.357 bits per heavy atom. The Hall–Kier alpha value is -0.790. The summed E-state index contributed by atoms with van der Waals surface area (Å²) in [5, 5.41) is 8.55. The molecule has 2 nitrogen and oxygen atoms in total. The smallest absolute Gasteiger partial charge is 0.327 e. The largest absolute Gasteiger partial charge is 0.478 e. The van der Waals surface area contributed by atoms with Gasteiger partial charge in [0, 0.05) is 6.08 Å². The van der Waals surface area contributed by atoms with Crippen molar-refractivity contribution in [2.45, 2.75) is 238 Å². The number of hydrogen-bond donors (Lipinski definition) is 1. The molecular formula is C40H78O2. The van der Waals surface area contributed by atoms with Crippen molar-refractivity contribution in [2.75, 3.05) is 0 Å². The number of rotatable bonds is 37. The van der Waals surface area contributed by atoms with E-state index in [1.54, 1.807) is 6.08 Å². The predicted molar refractivity (Wildman–Crippen MR) is 189 cm³/mol. The fraction of sp³-hybridized carbons (Fsp3) is 0.925. The number of carboxylic acid groups (broad SMARTS) is 1. The lowest BCUT2D eigenvalue weighted by atomic mass is 10.0. The minimum absolute atomic E-state index is 0.827. The third-order valence-electron chi connectivity index (χ3n) is 9.23. The molecule has 0 aliphatic heterocycles. The van der Waals surface area contributed by atoms with Gasteiger partial charge in [0.1, 0.15) is 0 Å². The molecule has 0 radical (unpaired) electrons. The van der Waals surface area contributed by atoms with Crippen molar-refractivity contribution in [1.82, 2.24) is 0 Å². The Balaban J connectivity index is 3.05. The zero-order valence-electron chi connectivity index (χ0n) is 29.0. The first-order valence-electron chi connectivity index (χ1n) is 19.7. The summed E-state index contributed by atoms with van der Waals surface area (Å²) in [6.07, 6.45) is 54.2. The summed E-state index contributed by atoms with van der Waals surface area (Å²) in [5.74, 6) is -0.827. The van der Waals surface area contributed by atoms with E-state index in [9.17, 15) is 4.79 Å². The number of hydrogen-bond acceptors (Lipinski definition) is 1. The van der Waals surface area contributed by atoms with Crippen LogP contribution < -0.4 is 0 Å². The van der Waals surface area contributed by atoms with Crippen LogP contribution in [-0.2, 0) is 4.79 Å². The minimum atomic E-state index is -0.827. The van der Waals surface area contributed by atoms with Crippen LogP contribution in [0.5, 0.6) is 0 Å². The molecule has 0 aromatic rings. The van der Waals surface area contributed by atoms with Crippen molar-refractivity contribution in [3.8, 4) is 0 Å². The molecule has 0 heterocycles. The van der Waals surface area contributed by atoms with E-state index >= 15 is 0 Å². The number of carboxylic acids is 1. The van der Waals surface area contributed by atoms with Gasteiger partial charge in [-0.2, -0.15) is 0 Å². The number of unbranched alkanes of at least 4 members (excludes halogenated alkanes) is 35. The topological polar surface area (TPSA) is 37.3 Å². The van der Waals surface area contributed by atoms with Gasteiger partial charge in [-0.3, -0.25) is 0 Å². The van der Waals surface area contributed by atoms with Gasteiger partial charge in [0.25, 0.3) is 0 Å². The van der Waals surface area contributed by atoms with E-state index < -0.39 is 5.97 Å². The summed E-state index contributed by atoms with van der Waals surface area (Å²) >= 11 is 0. The van der Waals surface area contributed by atoms with Gasteiger partial charge >= 0.3 is 5.97 Å². The monoisotopic (exact) mass is 591 g/mol. The SMILES string of the molecule is CCCCCCCCCCCCCCCCCCCCCCCCCCCCCCCCCCCCCC=CC(=O)O. The molecule has 0 aliphatic carbocycles. The highest BCUT2D eigenvalue weighted by Crippen LogP contribution is 2.17. The van der Waals surface area contributed by atoms with Crippen LogP contribution in [-0.4, -0.2) is 11.1 Å². The standard InChI is InChI=1S/C40H78O2/c1-2-3-4-5-6-7-8-9-10-11-12-13-14-15-16-17-18-19-20-21-22-23-24-25-26-27-28-29-30-31-32-33-34-35-36-37-38-39-40(41)42/h38-39H,2-37H2,1H3,(H,41,42). The van der Waals surface area contributed by atoms with Crippen LogP contribution in [0.2, 0.25) is 0 Å². The van der Waals surface area contributed by atoms with Crippen molar-refractivity contribution in [3.63, 3.8) is 0 Å². The highest BCUT2D eigenvalue weighted by atomic mass is 16.4. The second-order valence-corrected chi connectivity index (χ2v) is 13.6. The van der Waals surface area contributed by atoms with Crippen LogP contribution in [0.15, 0.2) is 12.2 Å². The maximum Gasteiger partial charge on any atom is 0.327 e. The highest BCUT2D eigenvalue weighted by Gasteiger charge is 1.97. The molecule has 0 aromatic carbocycles. The molecule has 0 amide bonds.